The van der Waals surface area contributed by atoms with E-state index in [0.29, 0.717) is 17.5 Å². The summed E-state index contributed by atoms with van der Waals surface area (Å²) in [4.78, 5) is 19.6. The number of benzene rings is 4. The van der Waals surface area contributed by atoms with Gasteiger partial charge in [-0.05, 0) is 61.4 Å². The van der Waals surface area contributed by atoms with Gasteiger partial charge in [0, 0.05) is 39.5 Å². The Morgan fingerprint density at radius 2 is 0.980 bits per heavy atom. The summed E-state index contributed by atoms with van der Waals surface area (Å²) < 4.78 is 4.60. The second-order valence-electron chi connectivity index (χ2n) is 12.3. The zero-order valence-corrected chi connectivity index (χ0v) is 26.8. The first-order valence-electron chi connectivity index (χ1n) is 16.7. The second-order valence-corrected chi connectivity index (χ2v) is 12.3. The van der Waals surface area contributed by atoms with Crippen LogP contribution in [0.3, 0.4) is 0 Å². The largest absolute Gasteiger partial charge is 0.306 e. The minimum absolute atomic E-state index is 0.618. The molecule has 0 N–H and O–H groups in total. The van der Waals surface area contributed by atoms with E-state index in [1.807, 2.05) is 79.0 Å². The SMILES string of the molecule is C1=c2c(n(-c3ccc(-c4nc(-c5ccccc5)nc(-c5ccccc5)n4)cc3)c3c2nnc2c4ncccc4n(-c4ccccc4)c23)=CCC1. The predicted octanol–water partition coefficient (Wildman–Crippen LogP) is 7.45. The van der Waals surface area contributed by atoms with Gasteiger partial charge in [-0.15, -0.1) is 10.2 Å². The molecule has 0 unspecified atom stereocenters. The monoisotopic (exact) mass is 644 g/mol. The number of hydrogen-bond acceptors (Lipinski definition) is 6. The van der Waals surface area contributed by atoms with Crippen molar-refractivity contribution >= 4 is 45.3 Å². The molecule has 0 aliphatic heterocycles. The van der Waals surface area contributed by atoms with Crippen LogP contribution in [0.25, 0.3) is 90.8 Å². The van der Waals surface area contributed by atoms with E-state index in [1.165, 1.54) is 0 Å². The Kier molecular flexibility index (Phi) is 6.45. The predicted molar refractivity (Wildman–Crippen MR) is 198 cm³/mol. The molecule has 10 rings (SSSR count). The molecule has 0 bridgehead atoms. The van der Waals surface area contributed by atoms with Gasteiger partial charge in [0.25, 0.3) is 0 Å². The van der Waals surface area contributed by atoms with Gasteiger partial charge in [-0.25, -0.2) is 15.0 Å². The van der Waals surface area contributed by atoms with Crippen molar-refractivity contribution in [2.24, 2.45) is 0 Å². The van der Waals surface area contributed by atoms with Crippen molar-refractivity contribution < 1.29 is 0 Å². The number of pyridine rings is 1. The Labute approximate surface area is 286 Å². The van der Waals surface area contributed by atoms with Gasteiger partial charge in [0.1, 0.15) is 27.6 Å². The Morgan fingerprint density at radius 3 is 1.64 bits per heavy atom. The van der Waals surface area contributed by atoms with Crippen LogP contribution in [0.4, 0.5) is 0 Å². The van der Waals surface area contributed by atoms with Crippen LogP contribution in [0, 0.1) is 0 Å². The van der Waals surface area contributed by atoms with E-state index < -0.39 is 0 Å². The fourth-order valence-corrected chi connectivity index (χ4v) is 7.09. The van der Waals surface area contributed by atoms with Crippen LogP contribution in [0.1, 0.15) is 12.8 Å². The molecule has 5 aromatic heterocycles. The van der Waals surface area contributed by atoms with Crippen molar-refractivity contribution in [3.05, 3.63) is 144 Å². The summed E-state index contributed by atoms with van der Waals surface area (Å²) in [5.41, 5.74) is 10.3. The van der Waals surface area contributed by atoms with Crippen molar-refractivity contribution in [3.63, 3.8) is 0 Å². The summed E-state index contributed by atoms with van der Waals surface area (Å²) in [5, 5.41) is 11.9. The number of rotatable bonds is 5. The molecular weight excluding hydrogens is 617 g/mol. The Morgan fingerprint density at radius 1 is 0.440 bits per heavy atom. The first-order chi connectivity index (χ1) is 24.8. The van der Waals surface area contributed by atoms with E-state index in [1.54, 1.807) is 0 Å². The van der Waals surface area contributed by atoms with Gasteiger partial charge in [-0.1, -0.05) is 91.0 Å². The Hall–Kier alpha value is -6.80. The summed E-state index contributed by atoms with van der Waals surface area (Å²) in [6.45, 7) is 0. The molecule has 8 nitrogen and oxygen atoms in total. The average Bonchev–Trinajstić information content (AvgIpc) is 3.72. The average molecular weight is 645 g/mol. The third-order valence-electron chi connectivity index (χ3n) is 9.34. The maximum Gasteiger partial charge on any atom is 0.164 e. The van der Waals surface area contributed by atoms with E-state index in [4.69, 9.17) is 30.1 Å². The van der Waals surface area contributed by atoms with Crippen LogP contribution in [-0.2, 0) is 0 Å². The summed E-state index contributed by atoms with van der Waals surface area (Å²) in [5.74, 6) is 1.89. The fourth-order valence-electron chi connectivity index (χ4n) is 7.09. The standard InChI is InChI=1S/C42H28N8/c1-4-13-27(14-5-1)40-44-41(28-15-6-2-7-16-28)46-42(45-40)29-22-24-31(25-23-29)49-33-20-11-10-19-32(33)35-38(49)39-37(48-47-35)36-34(21-12-26-43-36)50(39)30-17-8-3-9-18-30/h1-9,12-26H,10-11H2. The Balaban J connectivity index is 1.21. The minimum atomic E-state index is 0.618. The second kappa shape index (κ2) is 11.4. The van der Waals surface area contributed by atoms with Crippen LogP contribution in [-0.4, -0.2) is 39.3 Å². The summed E-state index contributed by atoms with van der Waals surface area (Å²) in [6.07, 6.45) is 8.34. The molecule has 9 aromatic rings. The number of fused-ring (bicyclic) bond motifs is 7. The lowest BCUT2D eigenvalue weighted by Crippen LogP contribution is -2.30. The maximum absolute atomic E-state index is 4.95. The van der Waals surface area contributed by atoms with Crippen LogP contribution in [0.2, 0.25) is 0 Å². The molecule has 0 radical (unpaired) electrons. The number of nitrogens with zero attached hydrogens (tertiary/aromatic N) is 8. The molecule has 0 amide bonds. The molecule has 50 heavy (non-hydrogen) atoms. The lowest BCUT2D eigenvalue weighted by molar-refractivity contribution is 1.02. The topological polar surface area (TPSA) is 87.2 Å². The minimum Gasteiger partial charge on any atom is -0.306 e. The highest BCUT2D eigenvalue weighted by Gasteiger charge is 2.23. The number of para-hydroxylation sites is 1. The van der Waals surface area contributed by atoms with E-state index >= 15 is 0 Å². The van der Waals surface area contributed by atoms with Crippen LogP contribution < -0.4 is 10.6 Å². The van der Waals surface area contributed by atoms with Crippen molar-refractivity contribution in [1.29, 1.82) is 0 Å². The maximum atomic E-state index is 4.95. The van der Waals surface area contributed by atoms with Gasteiger partial charge in [0.05, 0.1) is 10.9 Å². The number of aromatic nitrogens is 8. The highest BCUT2D eigenvalue weighted by molar-refractivity contribution is 6.13. The molecule has 5 heterocycles. The first-order valence-corrected chi connectivity index (χ1v) is 16.7. The van der Waals surface area contributed by atoms with Crippen molar-refractivity contribution in [1.82, 2.24) is 39.3 Å². The molecule has 4 aromatic carbocycles. The molecule has 236 valence electrons. The Bertz CT molecular complexity index is 2780. The zero-order valence-electron chi connectivity index (χ0n) is 26.8. The van der Waals surface area contributed by atoms with Gasteiger partial charge in [-0.2, -0.15) is 0 Å². The molecule has 0 saturated carbocycles. The van der Waals surface area contributed by atoms with Gasteiger partial charge < -0.3 is 9.13 Å². The normalized spacial score (nSPS) is 12.6. The van der Waals surface area contributed by atoms with E-state index in [0.717, 1.165) is 84.6 Å². The van der Waals surface area contributed by atoms with E-state index in [2.05, 4.69) is 75.9 Å². The molecule has 0 fully saturated rings. The number of hydrogen-bond donors (Lipinski definition) is 0. The smallest absolute Gasteiger partial charge is 0.164 e. The third kappa shape index (κ3) is 4.46. The third-order valence-corrected chi connectivity index (χ3v) is 9.34. The van der Waals surface area contributed by atoms with Gasteiger partial charge in [0.2, 0.25) is 0 Å². The van der Waals surface area contributed by atoms with E-state index in [-0.39, 0.29) is 0 Å². The van der Waals surface area contributed by atoms with Gasteiger partial charge >= 0.3 is 0 Å². The quantitative estimate of drug-likeness (QED) is 0.193. The lowest BCUT2D eigenvalue weighted by atomic mass is 10.1. The van der Waals surface area contributed by atoms with Crippen molar-refractivity contribution in [2.75, 3.05) is 0 Å². The van der Waals surface area contributed by atoms with Crippen molar-refractivity contribution in [2.45, 2.75) is 12.8 Å². The molecule has 0 spiro atoms. The van der Waals surface area contributed by atoms with Crippen LogP contribution in [0.5, 0.6) is 0 Å². The van der Waals surface area contributed by atoms with Crippen LogP contribution in [0.15, 0.2) is 134 Å². The van der Waals surface area contributed by atoms with Gasteiger partial charge in [0.15, 0.2) is 17.5 Å². The zero-order chi connectivity index (χ0) is 33.0. The molecule has 0 atom stereocenters. The van der Waals surface area contributed by atoms with E-state index in [9.17, 15) is 0 Å². The summed E-state index contributed by atoms with van der Waals surface area (Å²) in [7, 11) is 0. The molecule has 1 aliphatic carbocycles. The first kappa shape index (κ1) is 28.2. The summed E-state index contributed by atoms with van der Waals surface area (Å²) in [6, 6.07) is 43.1. The molecule has 1 aliphatic rings. The lowest BCUT2D eigenvalue weighted by Gasteiger charge is -2.12. The highest BCUT2D eigenvalue weighted by Crippen LogP contribution is 2.34. The highest BCUT2D eigenvalue weighted by atomic mass is 15.2. The molecule has 0 saturated heterocycles. The van der Waals surface area contributed by atoms with Crippen molar-refractivity contribution in [3.8, 4) is 45.5 Å². The molecule has 8 heteroatoms. The van der Waals surface area contributed by atoms with Crippen LogP contribution >= 0.6 is 0 Å². The summed E-state index contributed by atoms with van der Waals surface area (Å²) >= 11 is 0. The fraction of sp³-hybridized carbons (Fsp3) is 0.0476. The molecular formula is C42H28N8. The van der Waals surface area contributed by atoms with Gasteiger partial charge in [-0.3, -0.25) is 4.98 Å².